The van der Waals surface area contributed by atoms with E-state index in [4.69, 9.17) is 4.74 Å². The van der Waals surface area contributed by atoms with Crippen LogP contribution in [0.3, 0.4) is 0 Å². The summed E-state index contributed by atoms with van der Waals surface area (Å²) in [7, 11) is 0. The van der Waals surface area contributed by atoms with E-state index in [1.807, 2.05) is 51.1 Å². The highest BCUT2D eigenvalue weighted by Gasteiger charge is 2.14. The Morgan fingerprint density at radius 2 is 1.84 bits per heavy atom. The van der Waals surface area contributed by atoms with Gasteiger partial charge in [0.1, 0.15) is 5.82 Å². The molecule has 132 valence electrons. The lowest BCUT2D eigenvalue weighted by Gasteiger charge is -2.28. The van der Waals surface area contributed by atoms with Crippen LogP contribution in [0, 0.1) is 20.8 Å². The number of pyridine rings is 1. The van der Waals surface area contributed by atoms with Crippen molar-refractivity contribution in [2.45, 2.75) is 27.3 Å². The first kappa shape index (κ1) is 17.4. The number of aryl methyl sites for hydroxylation is 3. The SMILES string of the molecule is Cc1cc(C)c(C(=O)NCc2cccc(N3CCOCC3)n2)c(C)c1. The van der Waals surface area contributed by atoms with E-state index < -0.39 is 0 Å². The fourth-order valence-electron chi connectivity index (χ4n) is 3.33. The van der Waals surface area contributed by atoms with Crippen LogP contribution in [-0.4, -0.2) is 37.2 Å². The zero-order valence-electron chi connectivity index (χ0n) is 15.1. The van der Waals surface area contributed by atoms with Gasteiger partial charge in [0, 0.05) is 18.7 Å². The average molecular weight is 339 g/mol. The molecule has 0 bridgehead atoms. The number of nitrogens with one attached hydrogen (secondary N) is 1. The van der Waals surface area contributed by atoms with Crippen molar-refractivity contribution in [3.05, 3.63) is 58.3 Å². The van der Waals surface area contributed by atoms with Crippen molar-refractivity contribution in [2.24, 2.45) is 0 Å². The first-order valence-corrected chi connectivity index (χ1v) is 8.69. The molecule has 1 aromatic heterocycles. The molecule has 1 saturated heterocycles. The van der Waals surface area contributed by atoms with Crippen LogP contribution in [0.15, 0.2) is 30.3 Å². The highest BCUT2D eigenvalue weighted by molar-refractivity contribution is 5.97. The second-order valence-electron chi connectivity index (χ2n) is 6.54. The number of ether oxygens (including phenoxy) is 1. The quantitative estimate of drug-likeness (QED) is 0.931. The summed E-state index contributed by atoms with van der Waals surface area (Å²) >= 11 is 0. The minimum Gasteiger partial charge on any atom is -0.378 e. The molecule has 1 amide bonds. The van der Waals surface area contributed by atoms with Gasteiger partial charge < -0.3 is 15.0 Å². The minimum atomic E-state index is -0.0476. The molecular weight excluding hydrogens is 314 g/mol. The van der Waals surface area contributed by atoms with Gasteiger partial charge in [0.2, 0.25) is 0 Å². The van der Waals surface area contributed by atoms with Crippen LogP contribution in [0.4, 0.5) is 5.82 Å². The van der Waals surface area contributed by atoms with E-state index in [9.17, 15) is 4.79 Å². The number of anilines is 1. The minimum absolute atomic E-state index is 0.0476. The predicted octanol–water partition coefficient (Wildman–Crippen LogP) is 2.77. The maximum absolute atomic E-state index is 12.6. The van der Waals surface area contributed by atoms with Crippen LogP contribution in [0.5, 0.6) is 0 Å². The summed E-state index contributed by atoms with van der Waals surface area (Å²) in [5.74, 6) is 0.895. The highest BCUT2D eigenvalue weighted by Crippen LogP contribution is 2.17. The molecule has 0 aliphatic carbocycles. The standard InChI is InChI=1S/C20H25N3O2/c1-14-11-15(2)19(16(3)12-14)20(24)21-13-17-5-4-6-18(22-17)23-7-9-25-10-8-23/h4-6,11-12H,7-10,13H2,1-3H3,(H,21,24). The third-order valence-corrected chi connectivity index (χ3v) is 4.46. The molecule has 0 saturated carbocycles. The van der Waals surface area contributed by atoms with Crippen molar-refractivity contribution in [3.8, 4) is 0 Å². The normalized spacial score (nSPS) is 14.4. The van der Waals surface area contributed by atoms with Crippen molar-refractivity contribution < 1.29 is 9.53 Å². The molecule has 25 heavy (non-hydrogen) atoms. The zero-order chi connectivity index (χ0) is 17.8. The maximum atomic E-state index is 12.6. The maximum Gasteiger partial charge on any atom is 0.252 e. The number of morpholine rings is 1. The molecule has 0 radical (unpaired) electrons. The zero-order valence-corrected chi connectivity index (χ0v) is 15.1. The lowest BCUT2D eigenvalue weighted by atomic mass is 9.99. The second kappa shape index (κ2) is 7.66. The summed E-state index contributed by atoms with van der Waals surface area (Å²) in [6.45, 7) is 9.59. The molecule has 5 nitrogen and oxygen atoms in total. The van der Waals surface area contributed by atoms with Crippen LogP contribution in [0.25, 0.3) is 0 Å². The smallest absolute Gasteiger partial charge is 0.252 e. The Morgan fingerprint density at radius 3 is 2.52 bits per heavy atom. The number of benzene rings is 1. The molecule has 1 aliphatic rings. The van der Waals surface area contributed by atoms with Crippen LogP contribution in [-0.2, 0) is 11.3 Å². The molecule has 0 atom stereocenters. The second-order valence-corrected chi connectivity index (χ2v) is 6.54. The molecule has 2 heterocycles. The van der Waals surface area contributed by atoms with Gasteiger partial charge in [-0.25, -0.2) is 4.98 Å². The number of aromatic nitrogens is 1. The predicted molar refractivity (Wildman–Crippen MR) is 99.1 cm³/mol. The first-order chi connectivity index (χ1) is 12.0. The molecule has 2 aromatic rings. The van der Waals surface area contributed by atoms with Gasteiger partial charge in [-0.2, -0.15) is 0 Å². The average Bonchev–Trinajstić information content (AvgIpc) is 2.60. The number of carbonyl (C=O) groups is 1. The van der Waals surface area contributed by atoms with Gasteiger partial charge in [-0.05, 0) is 44.0 Å². The summed E-state index contributed by atoms with van der Waals surface area (Å²) in [5.41, 5.74) is 4.80. The van der Waals surface area contributed by atoms with E-state index >= 15 is 0 Å². The van der Waals surface area contributed by atoms with E-state index in [0.717, 1.165) is 54.5 Å². The molecule has 1 aromatic carbocycles. The van der Waals surface area contributed by atoms with Crippen molar-refractivity contribution >= 4 is 11.7 Å². The third-order valence-electron chi connectivity index (χ3n) is 4.46. The van der Waals surface area contributed by atoms with Gasteiger partial charge in [0.15, 0.2) is 0 Å². The summed E-state index contributed by atoms with van der Waals surface area (Å²) in [5, 5.41) is 3.00. The van der Waals surface area contributed by atoms with Crippen LogP contribution in [0.1, 0.15) is 32.7 Å². The number of nitrogens with zero attached hydrogens (tertiary/aromatic N) is 2. The molecule has 5 heteroatoms. The first-order valence-electron chi connectivity index (χ1n) is 8.69. The van der Waals surface area contributed by atoms with E-state index in [1.165, 1.54) is 5.56 Å². The molecule has 0 unspecified atom stereocenters. The fraction of sp³-hybridized carbons (Fsp3) is 0.400. The largest absolute Gasteiger partial charge is 0.378 e. The Morgan fingerprint density at radius 1 is 1.16 bits per heavy atom. The molecule has 1 N–H and O–H groups in total. The highest BCUT2D eigenvalue weighted by atomic mass is 16.5. The van der Waals surface area contributed by atoms with Crippen LogP contribution < -0.4 is 10.2 Å². The molecule has 3 rings (SSSR count). The number of amides is 1. The number of hydrogen-bond acceptors (Lipinski definition) is 4. The topological polar surface area (TPSA) is 54.5 Å². The van der Waals surface area contributed by atoms with Crippen molar-refractivity contribution in [1.29, 1.82) is 0 Å². The monoisotopic (exact) mass is 339 g/mol. The van der Waals surface area contributed by atoms with E-state index in [0.29, 0.717) is 6.54 Å². The Hall–Kier alpha value is -2.40. The summed E-state index contributed by atoms with van der Waals surface area (Å²) in [6.07, 6.45) is 0. The van der Waals surface area contributed by atoms with Gasteiger partial charge in [-0.3, -0.25) is 4.79 Å². The van der Waals surface area contributed by atoms with Crippen LogP contribution in [0.2, 0.25) is 0 Å². The lowest BCUT2D eigenvalue weighted by molar-refractivity contribution is 0.0949. The van der Waals surface area contributed by atoms with Gasteiger partial charge in [-0.15, -0.1) is 0 Å². The Kier molecular flexibility index (Phi) is 5.34. The third kappa shape index (κ3) is 4.17. The Bertz CT molecular complexity index is 744. The van der Waals surface area contributed by atoms with E-state index in [2.05, 4.69) is 15.2 Å². The van der Waals surface area contributed by atoms with E-state index in [1.54, 1.807) is 0 Å². The van der Waals surface area contributed by atoms with Gasteiger partial charge >= 0.3 is 0 Å². The molecule has 1 fully saturated rings. The fourth-order valence-corrected chi connectivity index (χ4v) is 3.33. The summed E-state index contributed by atoms with van der Waals surface area (Å²) < 4.78 is 5.38. The van der Waals surface area contributed by atoms with Crippen LogP contribution >= 0.6 is 0 Å². The number of rotatable bonds is 4. The van der Waals surface area contributed by atoms with Gasteiger partial charge in [-0.1, -0.05) is 23.8 Å². The Balaban J connectivity index is 1.68. The molecule has 1 aliphatic heterocycles. The van der Waals surface area contributed by atoms with E-state index in [-0.39, 0.29) is 5.91 Å². The van der Waals surface area contributed by atoms with Crippen molar-refractivity contribution in [1.82, 2.24) is 10.3 Å². The van der Waals surface area contributed by atoms with Gasteiger partial charge in [0.25, 0.3) is 5.91 Å². The molecular formula is C20H25N3O2. The van der Waals surface area contributed by atoms with Crippen molar-refractivity contribution in [2.75, 3.05) is 31.2 Å². The Labute approximate surface area is 149 Å². The summed E-state index contributed by atoms with van der Waals surface area (Å²) in [6, 6.07) is 10.0. The van der Waals surface area contributed by atoms with Gasteiger partial charge in [0.05, 0.1) is 25.5 Å². The summed E-state index contributed by atoms with van der Waals surface area (Å²) in [4.78, 5) is 19.5. The van der Waals surface area contributed by atoms with Crippen molar-refractivity contribution in [3.63, 3.8) is 0 Å². The number of hydrogen-bond donors (Lipinski definition) is 1. The number of carbonyl (C=O) groups excluding carboxylic acids is 1. The molecule has 0 spiro atoms. The lowest BCUT2D eigenvalue weighted by Crippen LogP contribution is -2.37.